The fourth-order valence-electron chi connectivity index (χ4n) is 3.04. The van der Waals surface area contributed by atoms with Crippen molar-refractivity contribution in [1.29, 1.82) is 0 Å². The molecule has 0 atom stereocenters. The second-order valence-electron chi connectivity index (χ2n) is 6.90. The third-order valence-electron chi connectivity index (χ3n) is 4.45. The van der Waals surface area contributed by atoms with Crippen molar-refractivity contribution in [3.8, 4) is 11.5 Å². The van der Waals surface area contributed by atoms with Gasteiger partial charge in [0.05, 0.1) is 18.2 Å². The van der Waals surface area contributed by atoms with Crippen LogP contribution in [0.5, 0.6) is 11.5 Å². The maximum Gasteiger partial charge on any atom is 0.246 e. The number of carbonyl (C=O) groups is 1. The first kappa shape index (κ1) is 20.9. The number of piperazine rings is 1. The molecule has 29 heavy (non-hydrogen) atoms. The molecule has 1 saturated heterocycles. The van der Waals surface area contributed by atoms with E-state index in [2.05, 4.69) is 14.9 Å². The van der Waals surface area contributed by atoms with Crippen LogP contribution in [0, 0.1) is 0 Å². The first-order valence-corrected chi connectivity index (χ1v) is 9.89. The zero-order valence-electron chi connectivity index (χ0n) is 16.8. The van der Waals surface area contributed by atoms with E-state index in [1.54, 1.807) is 49.9 Å². The minimum absolute atomic E-state index is 0.0238. The van der Waals surface area contributed by atoms with E-state index < -0.39 is 0 Å². The van der Waals surface area contributed by atoms with Crippen molar-refractivity contribution in [3.63, 3.8) is 0 Å². The normalized spacial score (nSPS) is 14.5. The number of hydrogen-bond donors (Lipinski definition) is 0. The fourth-order valence-corrected chi connectivity index (χ4v) is 3.30. The molecule has 1 aliphatic rings. The summed E-state index contributed by atoms with van der Waals surface area (Å²) in [6, 6.07) is 5.35. The Kier molecular flexibility index (Phi) is 6.93. The first-order chi connectivity index (χ1) is 14.0. The van der Waals surface area contributed by atoms with E-state index in [-0.39, 0.29) is 12.0 Å². The molecule has 0 aliphatic carbocycles. The van der Waals surface area contributed by atoms with Gasteiger partial charge in [0.25, 0.3) is 0 Å². The van der Waals surface area contributed by atoms with Gasteiger partial charge in [-0.3, -0.25) is 4.79 Å². The van der Waals surface area contributed by atoms with Gasteiger partial charge in [0.15, 0.2) is 11.5 Å². The van der Waals surface area contributed by atoms with Crippen molar-refractivity contribution in [2.45, 2.75) is 20.0 Å². The standard InChI is InChI=1S/C21H25ClN4O3/c1-15(2)29-20-17(22)13-16(14-18(20)28-3)5-6-19(27)25-9-11-26(12-10-25)21-23-7-4-8-24-21/h4-8,13-15H,9-12H2,1-3H3/b6-5+. The van der Waals surface area contributed by atoms with Crippen LogP contribution in [0.4, 0.5) is 5.95 Å². The highest BCUT2D eigenvalue weighted by Crippen LogP contribution is 2.37. The van der Waals surface area contributed by atoms with E-state index in [1.807, 2.05) is 18.7 Å². The SMILES string of the molecule is COc1cc(/C=C/C(=O)N2CCN(c3ncccn3)CC2)cc(Cl)c1OC(C)C. The molecule has 8 heteroatoms. The Morgan fingerprint density at radius 1 is 1.17 bits per heavy atom. The number of nitrogens with zero attached hydrogens (tertiary/aromatic N) is 4. The molecule has 0 bridgehead atoms. The summed E-state index contributed by atoms with van der Waals surface area (Å²) in [7, 11) is 1.56. The Labute approximate surface area is 175 Å². The van der Waals surface area contributed by atoms with Gasteiger partial charge < -0.3 is 19.3 Å². The van der Waals surface area contributed by atoms with Crippen molar-refractivity contribution in [2.75, 3.05) is 38.2 Å². The molecule has 1 aromatic carbocycles. The molecule has 0 unspecified atom stereocenters. The predicted octanol–water partition coefficient (Wildman–Crippen LogP) is 3.29. The van der Waals surface area contributed by atoms with Gasteiger partial charge in [0.2, 0.25) is 11.9 Å². The summed E-state index contributed by atoms with van der Waals surface area (Å²) in [5.41, 5.74) is 0.771. The second kappa shape index (κ2) is 9.60. The summed E-state index contributed by atoms with van der Waals surface area (Å²) in [4.78, 5) is 25.0. The minimum atomic E-state index is -0.0452. The van der Waals surface area contributed by atoms with E-state index in [0.29, 0.717) is 48.6 Å². The number of benzene rings is 1. The number of rotatable bonds is 6. The maximum absolute atomic E-state index is 12.6. The van der Waals surface area contributed by atoms with Crippen LogP contribution in [-0.4, -0.2) is 60.2 Å². The Morgan fingerprint density at radius 2 is 1.86 bits per heavy atom. The van der Waals surface area contributed by atoms with Gasteiger partial charge in [0, 0.05) is 44.6 Å². The average molecular weight is 417 g/mol. The molecular formula is C21H25ClN4O3. The largest absolute Gasteiger partial charge is 0.493 e. The molecule has 0 N–H and O–H groups in total. The number of anilines is 1. The lowest BCUT2D eigenvalue weighted by Crippen LogP contribution is -2.48. The Morgan fingerprint density at radius 3 is 2.48 bits per heavy atom. The summed E-state index contributed by atoms with van der Waals surface area (Å²) in [5.74, 6) is 1.69. The maximum atomic E-state index is 12.6. The number of hydrogen-bond acceptors (Lipinski definition) is 6. The molecule has 3 rings (SSSR count). The van der Waals surface area contributed by atoms with Crippen LogP contribution in [0.3, 0.4) is 0 Å². The summed E-state index contributed by atoms with van der Waals surface area (Å²) in [5, 5.41) is 0.446. The van der Waals surface area contributed by atoms with Gasteiger partial charge in [0.1, 0.15) is 0 Å². The van der Waals surface area contributed by atoms with Gasteiger partial charge in [-0.05, 0) is 43.7 Å². The van der Waals surface area contributed by atoms with Gasteiger partial charge >= 0.3 is 0 Å². The number of amides is 1. The molecule has 0 saturated carbocycles. The van der Waals surface area contributed by atoms with Crippen LogP contribution in [-0.2, 0) is 4.79 Å². The van der Waals surface area contributed by atoms with Crippen LogP contribution in [0.1, 0.15) is 19.4 Å². The summed E-state index contributed by atoms with van der Waals surface area (Å²) >= 11 is 6.34. The molecule has 1 aromatic heterocycles. The minimum Gasteiger partial charge on any atom is -0.493 e. The van der Waals surface area contributed by atoms with E-state index in [0.717, 1.165) is 5.56 Å². The van der Waals surface area contributed by atoms with Crippen LogP contribution >= 0.6 is 11.6 Å². The summed E-state index contributed by atoms with van der Waals surface area (Å²) < 4.78 is 11.1. The summed E-state index contributed by atoms with van der Waals surface area (Å²) in [6.45, 7) is 6.48. The van der Waals surface area contributed by atoms with Crippen molar-refractivity contribution < 1.29 is 14.3 Å². The second-order valence-corrected chi connectivity index (χ2v) is 7.30. The van der Waals surface area contributed by atoms with Crippen molar-refractivity contribution >= 4 is 29.5 Å². The quantitative estimate of drug-likeness (QED) is 0.673. The predicted molar refractivity (Wildman–Crippen MR) is 114 cm³/mol. The summed E-state index contributed by atoms with van der Waals surface area (Å²) in [6.07, 6.45) is 6.72. The zero-order valence-corrected chi connectivity index (χ0v) is 17.6. The molecule has 2 aromatic rings. The lowest BCUT2D eigenvalue weighted by atomic mass is 10.1. The first-order valence-electron chi connectivity index (χ1n) is 9.51. The molecule has 1 fully saturated rings. The van der Waals surface area contributed by atoms with E-state index >= 15 is 0 Å². The van der Waals surface area contributed by atoms with Crippen LogP contribution in [0.15, 0.2) is 36.7 Å². The van der Waals surface area contributed by atoms with Crippen LogP contribution in [0.25, 0.3) is 6.08 Å². The Balaban J connectivity index is 1.63. The highest BCUT2D eigenvalue weighted by atomic mass is 35.5. The molecule has 7 nitrogen and oxygen atoms in total. The van der Waals surface area contributed by atoms with Crippen LogP contribution in [0.2, 0.25) is 5.02 Å². The average Bonchev–Trinajstić information content (AvgIpc) is 2.74. The Bertz CT molecular complexity index is 866. The molecule has 154 valence electrons. The smallest absolute Gasteiger partial charge is 0.246 e. The van der Waals surface area contributed by atoms with Gasteiger partial charge in [-0.25, -0.2) is 9.97 Å². The Hall–Kier alpha value is -2.80. The van der Waals surface area contributed by atoms with E-state index in [1.165, 1.54) is 0 Å². The molecular weight excluding hydrogens is 392 g/mol. The fraction of sp³-hybridized carbons (Fsp3) is 0.381. The third kappa shape index (κ3) is 5.38. The van der Waals surface area contributed by atoms with E-state index in [4.69, 9.17) is 21.1 Å². The highest BCUT2D eigenvalue weighted by molar-refractivity contribution is 6.32. The molecule has 2 heterocycles. The van der Waals surface area contributed by atoms with Gasteiger partial charge in [-0.1, -0.05) is 11.6 Å². The van der Waals surface area contributed by atoms with Gasteiger partial charge in [-0.2, -0.15) is 0 Å². The number of carbonyl (C=O) groups excluding carboxylic acids is 1. The molecule has 1 aliphatic heterocycles. The topological polar surface area (TPSA) is 67.8 Å². The van der Waals surface area contributed by atoms with E-state index in [9.17, 15) is 4.79 Å². The van der Waals surface area contributed by atoms with Crippen molar-refractivity contribution in [1.82, 2.24) is 14.9 Å². The number of methoxy groups -OCH3 is 1. The van der Waals surface area contributed by atoms with Gasteiger partial charge in [-0.15, -0.1) is 0 Å². The van der Waals surface area contributed by atoms with Crippen molar-refractivity contribution in [2.24, 2.45) is 0 Å². The number of aromatic nitrogens is 2. The monoisotopic (exact) mass is 416 g/mol. The van der Waals surface area contributed by atoms with Crippen molar-refractivity contribution in [3.05, 3.63) is 47.3 Å². The lowest BCUT2D eigenvalue weighted by molar-refractivity contribution is -0.126. The third-order valence-corrected chi connectivity index (χ3v) is 4.73. The number of ether oxygens (including phenoxy) is 2. The van der Waals surface area contributed by atoms with Crippen LogP contribution < -0.4 is 14.4 Å². The highest BCUT2D eigenvalue weighted by Gasteiger charge is 2.21. The molecule has 0 radical (unpaired) electrons. The molecule has 0 spiro atoms. The molecule has 1 amide bonds. The zero-order chi connectivity index (χ0) is 20.8. The number of halogens is 1. The lowest BCUT2D eigenvalue weighted by Gasteiger charge is -2.34.